The number of likely N-dealkylation sites (tertiary alicyclic amines) is 1. The van der Waals surface area contributed by atoms with E-state index in [2.05, 4.69) is 15.9 Å². The number of thioether (sulfide) groups is 1. The van der Waals surface area contributed by atoms with E-state index in [1.807, 2.05) is 37.8 Å². The summed E-state index contributed by atoms with van der Waals surface area (Å²) in [6.07, 6.45) is 1.55. The Bertz CT molecular complexity index is 576. The summed E-state index contributed by atoms with van der Waals surface area (Å²) in [5.74, 6) is 0. The SMILES string of the molecule is CSC(=S)OC1(c2cscc2Br)CN(C(=O)OC(C)(C)C)C1. The van der Waals surface area contributed by atoms with Crippen LogP contribution in [0.4, 0.5) is 4.79 Å². The Morgan fingerprint density at radius 3 is 2.55 bits per heavy atom. The Balaban J connectivity index is 2.13. The van der Waals surface area contributed by atoms with Gasteiger partial charge in [-0.05, 0) is 60.6 Å². The van der Waals surface area contributed by atoms with Gasteiger partial charge in [-0.15, -0.1) is 0 Å². The lowest BCUT2D eigenvalue weighted by atomic mass is 9.88. The van der Waals surface area contributed by atoms with E-state index in [1.165, 1.54) is 11.8 Å². The van der Waals surface area contributed by atoms with E-state index in [-0.39, 0.29) is 6.09 Å². The van der Waals surface area contributed by atoms with Gasteiger partial charge in [-0.1, -0.05) is 11.8 Å². The third kappa shape index (κ3) is 3.96. The van der Waals surface area contributed by atoms with Gasteiger partial charge in [0.25, 0.3) is 0 Å². The maximum atomic E-state index is 12.1. The van der Waals surface area contributed by atoms with Gasteiger partial charge in [0.1, 0.15) is 5.60 Å². The topological polar surface area (TPSA) is 38.8 Å². The highest BCUT2D eigenvalue weighted by Crippen LogP contribution is 2.42. The van der Waals surface area contributed by atoms with Crippen molar-refractivity contribution in [2.45, 2.75) is 32.0 Å². The molecular formula is C14H18BrNO3S3. The molecular weight excluding hydrogens is 406 g/mol. The van der Waals surface area contributed by atoms with Crippen LogP contribution < -0.4 is 0 Å². The number of rotatable bonds is 2. The molecule has 2 rings (SSSR count). The fraction of sp³-hybridized carbons (Fsp3) is 0.571. The predicted octanol–water partition coefficient (Wildman–Crippen LogP) is 4.62. The molecule has 0 aliphatic carbocycles. The normalized spacial score (nSPS) is 16.9. The van der Waals surface area contributed by atoms with Gasteiger partial charge in [0.05, 0.1) is 13.1 Å². The second-order valence-corrected chi connectivity index (χ2v) is 9.03. The number of hydrogen-bond acceptors (Lipinski definition) is 6. The van der Waals surface area contributed by atoms with E-state index < -0.39 is 11.2 Å². The summed E-state index contributed by atoms with van der Waals surface area (Å²) >= 11 is 11.7. The summed E-state index contributed by atoms with van der Waals surface area (Å²) in [6.45, 7) is 6.42. The Kier molecular flexibility index (Phi) is 5.46. The molecule has 1 saturated heterocycles. The third-order valence-corrected chi connectivity index (χ3v) is 5.80. The molecule has 0 spiro atoms. The second kappa shape index (κ2) is 6.67. The average molecular weight is 424 g/mol. The van der Waals surface area contributed by atoms with Gasteiger partial charge in [0.2, 0.25) is 4.38 Å². The molecule has 0 aromatic carbocycles. The predicted molar refractivity (Wildman–Crippen MR) is 98.7 cm³/mol. The number of hydrogen-bond donors (Lipinski definition) is 0. The van der Waals surface area contributed by atoms with Crippen molar-refractivity contribution < 1.29 is 14.3 Å². The fourth-order valence-corrected chi connectivity index (χ4v) is 4.27. The Morgan fingerprint density at radius 2 is 2.09 bits per heavy atom. The number of thiocarbonyl (C=S) groups is 1. The maximum Gasteiger partial charge on any atom is 0.410 e. The number of thiophene rings is 1. The number of nitrogens with zero attached hydrogens (tertiary/aromatic N) is 1. The van der Waals surface area contributed by atoms with E-state index in [4.69, 9.17) is 21.7 Å². The molecule has 22 heavy (non-hydrogen) atoms. The minimum absolute atomic E-state index is 0.326. The molecule has 1 aliphatic rings. The minimum atomic E-state index is -0.587. The zero-order valence-electron chi connectivity index (χ0n) is 12.8. The van der Waals surface area contributed by atoms with Crippen molar-refractivity contribution >= 4 is 61.7 Å². The largest absolute Gasteiger partial charge is 0.463 e. The van der Waals surface area contributed by atoms with Crippen molar-refractivity contribution in [3.05, 3.63) is 20.8 Å². The summed E-state index contributed by atoms with van der Waals surface area (Å²) in [4.78, 5) is 13.8. The Morgan fingerprint density at radius 1 is 1.45 bits per heavy atom. The summed E-state index contributed by atoms with van der Waals surface area (Å²) in [6, 6.07) is 0. The van der Waals surface area contributed by atoms with Gasteiger partial charge in [-0.3, -0.25) is 4.90 Å². The number of ether oxygens (including phenoxy) is 2. The summed E-state index contributed by atoms with van der Waals surface area (Å²) in [5, 5.41) is 4.03. The van der Waals surface area contributed by atoms with Crippen LogP contribution in [-0.2, 0) is 15.1 Å². The molecule has 1 aliphatic heterocycles. The summed E-state index contributed by atoms with van der Waals surface area (Å²) < 4.78 is 12.8. The van der Waals surface area contributed by atoms with E-state index in [1.54, 1.807) is 16.2 Å². The molecule has 1 amide bonds. The van der Waals surface area contributed by atoms with Crippen LogP contribution in [0, 0.1) is 0 Å². The molecule has 4 nitrogen and oxygen atoms in total. The van der Waals surface area contributed by atoms with E-state index in [9.17, 15) is 4.79 Å². The standard InChI is InChI=1S/C14H18BrNO3S3/c1-13(2,3)18-11(17)16-7-14(8-16,19-12(20)21-4)9-5-22-6-10(9)15/h5-6H,7-8H2,1-4H3. The highest BCUT2D eigenvalue weighted by molar-refractivity contribution is 9.10. The summed E-state index contributed by atoms with van der Waals surface area (Å²) in [5.41, 5.74) is -0.0717. The van der Waals surface area contributed by atoms with Crippen LogP contribution in [0.1, 0.15) is 26.3 Å². The van der Waals surface area contributed by atoms with Crippen LogP contribution >= 0.6 is 51.2 Å². The molecule has 2 heterocycles. The van der Waals surface area contributed by atoms with Crippen LogP contribution in [0.25, 0.3) is 0 Å². The smallest absolute Gasteiger partial charge is 0.410 e. The van der Waals surface area contributed by atoms with Crippen molar-refractivity contribution in [2.24, 2.45) is 0 Å². The quantitative estimate of drug-likeness (QED) is 0.648. The first-order valence-corrected chi connectivity index (χ1v) is 10.0. The van der Waals surface area contributed by atoms with Crippen molar-refractivity contribution in [3.63, 3.8) is 0 Å². The molecule has 0 radical (unpaired) electrons. The third-order valence-electron chi connectivity index (χ3n) is 3.10. The minimum Gasteiger partial charge on any atom is -0.463 e. The highest BCUT2D eigenvalue weighted by Gasteiger charge is 2.51. The van der Waals surface area contributed by atoms with Crippen molar-refractivity contribution in [1.82, 2.24) is 4.90 Å². The lowest BCUT2D eigenvalue weighted by Gasteiger charge is -2.49. The summed E-state index contributed by atoms with van der Waals surface area (Å²) in [7, 11) is 0. The molecule has 122 valence electrons. The van der Waals surface area contributed by atoms with Gasteiger partial charge in [0.15, 0.2) is 5.60 Å². The highest BCUT2D eigenvalue weighted by atomic mass is 79.9. The maximum absolute atomic E-state index is 12.1. The number of carbonyl (C=O) groups excluding carboxylic acids is 1. The van der Waals surface area contributed by atoms with Crippen LogP contribution in [0.5, 0.6) is 0 Å². The van der Waals surface area contributed by atoms with Gasteiger partial charge in [-0.25, -0.2) is 4.79 Å². The molecule has 0 bridgehead atoms. The van der Waals surface area contributed by atoms with Gasteiger partial charge < -0.3 is 9.47 Å². The average Bonchev–Trinajstić information content (AvgIpc) is 2.77. The molecule has 0 N–H and O–H groups in total. The Hall–Kier alpha value is -0.310. The lowest BCUT2D eigenvalue weighted by Crippen LogP contribution is -2.63. The van der Waals surface area contributed by atoms with Gasteiger partial charge in [0, 0.05) is 15.4 Å². The first kappa shape index (κ1) is 18.0. The first-order valence-electron chi connectivity index (χ1n) is 6.64. The molecule has 1 fully saturated rings. The molecule has 0 unspecified atom stereocenters. The molecule has 1 aromatic heterocycles. The number of halogens is 1. The van der Waals surface area contributed by atoms with Crippen LogP contribution in [0.15, 0.2) is 15.2 Å². The van der Waals surface area contributed by atoms with Crippen molar-refractivity contribution in [3.8, 4) is 0 Å². The number of amides is 1. The van der Waals surface area contributed by atoms with E-state index >= 15 is 0 Å². The molecule has 8 heteroatoms. The van der Waals surface area contributed by atoms with Gasteiger partial charge in [-0.2, -0.15) is 11.3 Å². The van der Waals surface area contributed by atoms with Crippen molar-refractivity contribution in [2.75, 3.05) is 19.3 Å². The molecule has 1 aromatic rings. The second-order valence-electron chi connectivity index (χ2n) is 6.02. The monoisotopic (exact) mass is 423 g/mol. The van der Waals surface area contributed by atoms with Gasteiger partial charge >= 0.3 is 6.09 Å². The zero-order chi connectivity index (χ0) is 16.5. The molecule has 0 saturated carbocycles. The fourth-order valence-electron chi connectivity index (χ4n) is 2.12. The van der Waals surface area contributed by atoms with Crippen molar-refractivity contribution in [1.29, 1.82) is 0 Å². The Labute approximate surface area is 152 Å². The van der Waals surface area contributed by atoms with Crippen LogP contribution in [-0.4, -0.2) is 40.3 Å². The van der Waals surface area contributed by atoms with Crippen LogP contribution in [0.2, 0.25) is 0 Å². The lowest BCUT2D eigenvalue weighted by molar-refractivity contribution is -0.0901. The first-order chi connectivity index (χ1) is 10.2. The number of carbonyl (C=O) groups is 1. The zero-order valence-corrected chi connectivity index (χ0v) is 16.9. The van der Waals surface area contributed by atoms with Crippen LogP contribution in [0.3, 0.4) is 0 Å². The molecule has 0 atom stereocenters. The van der Waals surface area contributed by atoms with E-state index in [0.717, 1.165) is 10.0 Å². The van der Waals surface area contributed by atoms with E-state index in [0.29, 0.717) is 17.5 Å².